The molecule has 136 valence electrons. The average Bonchev–Trinajstić information content (AvgIpc) is 2.69. The van der Waals surface area contributed by atoms with E-state index in [1.807, 2.05) is 35.4 Å². The summed E-state index contributed by atoms with van der Waals surface area (Å²) in [6.45, 7) is 1.32. The summed E-state index contributed by atoms with van der Waals surface area (Å²) >= 11 is 0. The van der Waals surface area contributed by atoms with E-state index in [0.29, 0.717) is 25.6 Å². The quantitative estimate of drug-likeness (QED) is 0.413. The molecule has 3 aromatic rings. The van der Waals surface area contributed by atoms with Crippen molar-refractivity contribution in [1.82, 2.24) is 9.88 Å². The van der Waals surface area contributed by atoms with Crippen molar-refractivity contribution in [3.8, 4) is 6.19 Å². The number of rotatable bonds is 5. The van der Waals surface area contributed by atoms with Gasteiger partial charge in [-0.05, 0) is 41.3 Å². The van der Waals surface area contributed by atoms with Crippen molar-refractivity contribution >= 4 is 22.4 Å². The Hall–Kier alpha value is -3.50. The zero-order chi connectivity index (χ0) is 19.1. The number of anilines is 1. The van der Waals surface area contributed by atoms with Crippen LogP contribution < -0.4 is 11.1 Å². The zero-order valence-corrected chi connectivity index (χ0v) is 14.6. The minimum absolute atomic E-state index is 0.293. The molecular weight excluding hydrogens is 343 g/mol. The van der Waals surface area contributed by atoms with Crippen LogP contribution in [-0.2, 0) is 6.54 Å². The van der Waals surface area contributed by atoms with E-state index in [9.17, 15) is 4.39 Å². The van der Waals surface area contributed by atoms with Gasteiger partial charge in [0.05, 0.1) is 0 Å². The predicted octanol–water partition coefficient (Wildman–Crippen LogP) is 3.08. The SMILES string of the molecule is N#C/N=C(/Nc1ccc2cnccc2c1)N(CCN)Cc1ccc(F)cc1. The number of guanidine groups is 1. The molecule has 0 spiro atoms. The summed E-state index contributed by atoms with van der Waals surface area (Å²) in [6, 6.07) is 13.9. The summed E-state index contributed by atoms with van der Waals surface area (Å²) in [7, 11) is 0. The number of fused-ring (bicyclic) bond motifs is 1. The van der Waals surface area contributed by atoms with Gasteiger partial charge in [0, 0.05) is 43.1 Å². The molecule has 6 nitrogen and oxygen atoms in total. The van der Waals surface area contributed by atoms with Crippen LogP contribution in [0.2, 0.25) is 0 Å². The average molecular weight is 362 g/mol. The summed E-state index contributed by atoms with van der Waals surface area (Å²) in [5.74, 6) is 0.0968. The van der Waals surface area contributed by atoms with Gasteiger partial charge < -0.3 is 16.0 Å². The first-order valence-corrected chi connectivity index (χ1v) is 8.46. The van der Waals surface area contributed by atoms with E-state index in [2.05, 4.69) is 15.3 Å². The smallest absolute Gasteiger partial charge is 0.214 e. The maximum absolute atomic E-state index is 13.1. The van der Waals surface area contributed by atoms with E-state index in [1.54, 1.807) is 24.5 Å². The van der Waals surface area contributed by atoms with Crippen molar-refractivity contribution in [3.05, 3.63) is 72.3 Å². The summed E-state index contributed by atoms with van der Waals surface area (Å²) in [6.07, 6.45) is 5.35. The van der Waals surface area contributed by atoms with Gasteiger partial charge in [0.1, 0.15) is 5.82 Å². The molecule has 27 heavy (non-hydrogen) atoms. The molecule has 0 saturated heterocycles. The molecule has 3 rings (SSSR count). The van der Waals surface area contributed by atoms with Gasteiger partial charge in [0.2, 0.25) is 12.2 Å². The van der Waals surface area contributed by atoms with Crippen LogP contribution in [0.25, 0.3) is 10.8 Å². The molecule has 0 aliphatic rings. The maximum Gasteiger partial charge on any atom is 0.214 e. The maximum atomic E-state index is 13.1. The standard InChI is InChI=1S/C20H19FN6/c21-18-4-1-15(2-5-18)13-27(10-8-22)20(25-14-23)26-19-6-3-17-12-24-9-7-16(17)11-19/h1-7,9,11-12H,8,10,13,22H2,(H,25,26). The molecule has 0 unspecified atom stereocenters. The zero-order valence-electron chi connectivity index (χ0n) is 14.6. The molecule has 0 atom stereocenters. The second-order valence-electron chi connectivity index (χ2n) is 5.93. The molecule has 0 aliphatic heterocycles. The van der Waals surface area contributed by atoms with Gasteiger partial charge in [-0.25, -0.2) is 4.39 Å². The van der Waals surface area contributed by atoms with Crippen molar-refractivity contribution < 1.29 is 4.39 Å². The fraction of sp³-hybridized carbons (Fsp3) is 0.150. The fourth-order valence-electron chi connectivity index (χ4n) is 2.74. The number of nitriles is 1. The Balaban J connectivity index is 1.85. The van der Waals surface area contributed by atoms with Gasteiger partial charge in [-0.1, -0.05) is 18.2 Å². The lowest BCUT2D eigenvalue weighted by atomic mass is 10.1. The highest BCUT2D eigenvalue weighted by molar-refractivity contribution is 5.96. The summed E-state index contributed by atoms with van der Waals surface area (Å²) in [5.41, 5.74) is 7.42. The molecule has 0 radical (unpaired) electrons. The number of pyridine rings is 1. The van der Waals surface area contributed by atoms with E-state index < -0.39 is 0 Å². The molecule has 7 heteroatoms. The molecule has 3 N–H and O–H groups in total. The molecule has 0 saturated carbocycles. The van der Waals surface area contributed by atoms with E-state index in [0.717, 1.165) is 22.0 Å². The minimum atomic E-state index is -0.293. The van der Waals surface area contributed by atoms with Crippen LogP contribution in [0.3, 0.4) is 0 Å². The van der Waals surface area contributed by atoms with Gasteiger partial charge in [-0.3, -0.25) is 4.98 Å². The monoisotopic (exact) mass is 362 g/mol. The van der Waals surface area contributed by atoms with E-state index in [-0.39, 0.29) is 5.82 Å². The third kappa shape index (κ3) is 4.77. The number of benzene rings is 2. The third-order valence-electron chi connectivity index (χ3n) is 4.04. The number of aromatic nitrogens is 1. The summed E-state index contributed by atoms with van der Waals surface area (Å²) in [4.78, 5) is 9.88. The number of nitrogens with zero attached hydrogens (tertiary/aromatic N) is 4. The van der Waals surface area contributed by atoms with E-state index >= 15 is 0 Å². The van der Waals surface area contributed by atoms with Crippen LogP contribution in [0.4, 0.5) is 10.1 Å². The highest BCUT2D eigenvalue weighted by Crippen LogP contribution is 2.19. The van der Waals surface area contributed by atoms with E-state index in [4.69, 9.17) is 11.0 Å². The van der Waals surface area contributed by atoms with Crippen LogP contribution in [-0.4, -0.2) is 28.9 Å². The molecule has 0 bridgehead atoms. The van der Waals surface area contributed by atoms with Crippen LogP contribution in [0.1, 0.15) is 5.56 Å². The fourth-order valence-corrected chi connectivity index (χ4v) is 2.74. The lowest BCUT2D eigenvalue weighted by molar-refractivity contribution is 0.421. The minimum Gasteiger partial charge on any atom is -0.336 e. The number of aliphatic imine (C=N–C) groups is 1. The molecular formula is C20H19FN6. The Morgan fingerprint density at radius 3 is 2.74 bits per heavy atom. The summed E-state index contributed by atoms with van der Waals surface area (Å²) < 4.78 is 13.1. The van der Waals surface area contributed by atoms with Crippen molar-refractivity contribution in [2.45, 2.75) is 6.54 Å². The van der Waals surface area contributed by atoms with Crippen LogP contribution >= 0.6 is 0 Å². The predicted molar refractivity (Wildman–Crippen MR) is 104 cm³/mol. The van der Waals surface area contributed by atoms with Crippen molar-refractivity contribution in [2.75, 3.05) is 18.4 Å². The summed E-state index contributed by atoms with van der Waals surface area (Å²) in [5, 5.41) is 14.3. The molecule has 0 fully saturated rings. The second kappa shape index (κ2) is 8.74. The Labute approximate surface area is 156 Å². The van der Waals surface area contributed by atoms with Crippen LogP contribution in [0.5, 0.6) is 0 Å². The van der Waals surface area contributed by atoms with Gasteiger partial charge in [-0.15, -0.1) is 4.99 Å². The van der Waals surface area contributed by atoms with Crippen molar-refractivity contribution in [3.63, 3.8) is 0 Å². The normalized spacial score (nSPS) is 11.2. The number of nitrogens with two attached hydrogens (primary N) is 1. The number of hydrogen-bond acceptors (Lipinski definition) is 4. The molecule has 0 aliphatic carbocycles. The number of halogens is 1. The van der Waals surface area contributed by atoms with Crippen molar-refractivity contribution in [1.29, 1.82) is 5.26 Å². The van der Waals surface area contributed by atoms with Gasteiger partial charge in [0.25, 0.3) is 0 Å². The Bertz CT molecular complexity index is 978. The Kier molecular flexibility index (Phi) is 5.92. The highest BCUT2D eigenvalue weighted by Gasteiger charge is 2.13. The number of hydrogen-bond donors (Lipinski definition) is 2. The third-order valence-corrected chi connectivity index (χ3v) is 4.04. The topological polar surface area (TPSA) is 90.3 Å². The first-order chi connectivity index (χ1) is 13.2. The molecule has 1 aromatic heterocycles. The largest absolute Gasteiger partial charge is 0.336 e. The van der Waals surface area contributed by atoms with Crippen LogP contribution in [0, 0.1) is 17.3 Å². The van der Waals surface area contributed by atoms with Crippen molar-refractivity contribution in [2.24, 2.45) is 10.7 Å². The van der Waals surface area contributed by atoms with Gasteiger partial charge >= 0.3 is 0 Å². The second-order valence-corrected chi connectivity index (χ2v) is 5.93. The van der Waals surface area contributed by atoms with E-state index in [1.165, 1.54) is 12.1 Å². The first kappa shape index (κ1) is 18.3. The highest BCUT2D eigenvalue weighted by atomic mass is 19.1. The molecule has 2 aromatic carbocycles. The molecule has 0 amide bonds. The van der Waals surface area contributed by atoms with Gasteiger partial charge in [-0.2, -0.15) is 5.26 Å². The van der Waals surface area contributed by atoms with Gasteiger partial charge in [0.15, 0.2) is 0 Å². The molecule has 1 heterocycles. The lowest BCUT2D eigenvalue weighted by Gasteiger charge is -2.25. The lowest BCUT2D eigenvalue weighted by Crippen LogP contribution is -2.39. The van der Waals surface area contributed by atoms with Crippen LogP contribution in [0.15, 0.2) is 65.9 Å². The Morgan fingerprint density at radius 1 is 1.19 bits per heavy atom. The Morgan fingerprint density at radius 2 is 2.00 bits per heavy atom. The first-order valence-electron chi connectivity index (χ1n) is 8.46. The number of nitrogens with one attached hydrogen (secondary N) is 1.